The van der Waals surface area contributed by atoms with Gasteiger partial charge in [-0.25, -0.2) is 4.98 Å². The fourth-order valence-electron chi connectivity index (χ4n) is 3.58. The molecule has 9 heteroatoms. The van der Waals surface area contributed by atoms with Gasteiger partial charge in [0, 0.05) is 50.6 Å². The van der Waals surface area contributed by atoms with Gasteiger partial charge in [0.05, 0.1) is 19.4 Å². The molecule has 32 heavy (non-hydrogen) atoms. The van der Waals surface area contributed by atoms with Crippen LogP contribution in [0.25, 0.3) is 0 Å². The number of nitrogens with one attached hydrogen (secondary N) is 4. The number of hydrogen-bond acceptors (Lipinski definition) is 9. The monoisotopic (exact) mass is 441 g/mol. The van der Waals surface area contributed by atoms with E-state index in [2.05, 4.69) is 27.8 Å². The summed E-state index contributed by atoms with van der Waals surface area (Å²) in [6.07, 6.45) is 0.577. The van der Waals surface area contributed by atoms with Crippen molar-refractivity contribution in [1.29, 1.82) is 5.41 Å². The fourth-order valence-corrected chi connectivity index (χ4v) is 3.58. The van der Waals surface area contributed by atoms with Crippen LogP contribution in [0.2, 0.25) is 0 Å². The van der Waals surface area contributed by atoms with E-state index in [0.29, 0.717) is 61.1 Å². The Kier molecular flexibility index (Phi) is 8.64. The van der Waals surface area contributed by atoms with E-state index in [-0.39, 0.29) is 0 Å². The molecule has 3 rings (SSSR count). The van der Waals surface area contributed by atoms with Gasteiger partial charge in [-0.3, -0.25) is 0 Å². The molecule has 1 aliphatic rings. The Bertz CT molecular complexity index is 906. The Hall–Kier alpha value is -2.91. The number of aromatic nitrogens is 2. The van der Waals surface area contributed by atoms with E-state index >= 15 is 0 Å². The third-order valence-corrected chi connectivity index (χ3v) is 5.27. The number of rotatable bonds is 11. The first kappa shape index (κ1) is 23.7. The van der Waals surface area contributed by atoms with Crippen LogP contribution in [0.3, 0.4) is 0 Å². The van der Waals surface area contributed by atoms with E-state index in [1.807, 2.05) is 38.1 Å². The van der Waals surface area contributed by atoms with Crippen molar-refractivity contribution in [1.82, 2.24) is 15.3 Å². The second-order valence-electron chi connectivity index (χ2n) is 7.71. The SMILES string of the molecule is CCOCCNc1c(Nc2cccc(OC)c2)nc(N2CCN[C@H](C)C2)nc1C(=N)CC. The van der Waals surface area contributed by atoms with E-state index in [4.69, 9.17) is 24.9 Å². The number of anilines is 4. The van der Waals surface area contributed by atoms with E-state index in [1.54, 1.807) is 7.11 Å². The summed E-state index contributed by atoms with van der Waals surface area (Å²) in [7, 11) is 1.65. The maximum absolute atomic E-state index is 8.59. The van der Waals surface area contributed by atoms with Crippen molar-refractivity contribution in [2.75, 3.05) is 62.0 Å². The molecule has 1 aromatic heterocycles. The van der Waals surface area contributed by atoms with Crippen molar-refractivity contribution < 1.29 is 9.47 Å². The molecule has 0 saturated carbocycles. The second-order valence-corrected chi connectivity index (χ2v) is 7.71. The highest BCUT2D eigenvalue weighted by atomic mass is 16.5. The summed E-state index contributed by atoms with van der Waals surface area (Å²) in [5.74, 6) is 2.03. The van der Waals surface area contributed by atoms with E-state index in [1.165, 1.54) is 0 Å². The zero-order chi connectivity index (χ0) is 22.9. The maximum atomic E-state index is 8.59. The third kappa shape index (κ3) is 6.08. The number of nitrogens with zero attached hydrogens (tertiary/aromatic N) is 3. The zero-order valence-corrected chi connectivity index (χ0v) is 19.5. The number of ether oxygens (including phenoxy) is 2. The van der Waals surface area contributed by atoms with Gasteiger partial charge < -0.3 is 35.7 Å². The number of piperazine rings is 1. The summed E-state index contributed by atoms with van der Waals surface area (Å²) in [6.45, 7) is 10.4. The average molecular weight is 442 g/mol. The molecule has 0 amide bonds. The summed E-state index contributed by atoms with van der Waals surface area (Å²) in [5, 5.41) is 18.9. The van der Waals surface area contributed by atoms with Crippen LogP contribution in [0.1, 0.15) is 32.9 Å². The van der Waals surface area contributed by atoms with Gasteiger partial charge in [0.1, 0.15) is 17.1 Å². The molecule has 1 aromatic carbocycles. The molecule has 0 aliphatic carbocycles. The first-order valence-electron chi connectivity index (χ1n) is 11.3. The minimum Gasteiger partial charge on any atom is -0.497 e. The quantitative estimate of drug-likeness (QED) is 0.311. The summed E-state index contributed by atoms with van der Waals surface area (Å²) in [6, 6.07) is 8.06. The lowest BCUT2D eigenvalue weighted by Crippen LogP contribution is -2.50. The molecule has 1 saturated heterocycles. The Balaban J connectivity index is 2.03. The highest BCUT2D eigenvalue weighted by Gasteiger charge is 2.23. The lowest BCUT2D eigenvalue weighted by molar-refractivity contribution is 0.158. The van der Waals surface area contributed by atoms with Gasteiger partial charge in [-0.15, -0.1) is 0 Å². The normalized spacial score (nSPS) is 16.0. The van der Waals surface area contributed by atoms with E-state index in [0.717, 1.165) is 31.1 Å². The minimum absolute atomic E-state index is 0.347. The zero-order valence-electron chi connectivity index (χ0n) is 19.5. The fraction of sp³-hybridized carbons (Fsp3) is 0.522. The topological polar surface area (TPSA) is 107 Å². The lowest BCUT2D eigenvalue weighted by atomic mass is 10.1. The van der Waals surface area contributed by atoms with Crippen LogP contribution < -0.4 is 25.6 Å². The molecule has 4 N–H and O–H groups in total. The van der Waals surface area contributed by atoms with Gasteiger partial charge in [-0.2, -0.15) is 4.98 Å². The molecule has 1 atom stereocenters. The maximum Gasteiger partial charge on any atom is 0.228 e. The second kappa shape index (κ2) is 11.6. The Morgan fingerprint density at radius 1 is 1.31 bits per heavy atom. The van der Waals surface area contributed by atoms with Crippen LogP contribution in [0.5, 0.6) is 5.75 Å². The van der Waals surface area contributed by atoms with Crippen molar-refractivity contribution in [3.63, 3.8) is 0 Å². The molecule has 0 bridgehead atoms. The molecule has 0 unspecified atom stereocenters. The van der Waals surface area contributed by atoms with Crippen LogP contribution in [0.4, 0.5) is 23.1 Å². The molecule has 0 spiro atoms. The predicted octanol–water partition coefficient (Wildman–Crippen LogP) is 3.25. The van der Waals surface area contributed by atoms with Crippen LogP contribution in [0, 0.1) is 5.41 Å². The van der Waals surface area contributed by atoms with Crippen molar-refractivity contribution in [3.05, 3.63) is 30.0 Å². The first-order chi connectivity index (χ1) is 15.5. The smallest absolute Gasteiger partial charge is 0.228 e. The molecule has 1 fully saturated rings. The molecule has 9 nitrogen and oxygen atoms in total. The summed E-state index contributed by atoms with van der Waals surface area (Å²) in [5.41, 5.74) is 2.64. The van der Waals surface area contributed by atoms with Crippen molar-refractivity contribution in [2.45, 2.75) is 33.2 Å². The molecular formula is C23H35N7O2. The summed E-state index contributed by atoms with van der Waals surface area (Å²) >= 11 is 0. The molecule has 0 radical (unpaired) electrons. The molecule has 1 aliphatic heterocycles. The average Bonchev–Trinajstić information content (AvgIpc) is 2.81. The standard InChI is InChI=1S/C23H35N7O2/c1-5-19(24)20-21(26-11-13-32-6-2)22(27-17-8-7-9-18(14-17)31-4)29-23(28-20)30-12-10-25-16(3)15-30/h7-9,14,16,24-26H,5-6,10-13,15H2,1-4H3,(H,27,28,29)/t16-/m1/s1. The van der Waals surface area contributed by atoms with Crippen LogP contribution >= 0.6 is 0 Å². The Morgan fingerprint density at radius 2 is 2.16 bits per heavy atom. The lowest BCUT2D eigenvalue weighted by Gasteiger charge is -2.32. The minimum atomic E-state index is 0.347. The number of benzene rings is 1. The van der Waals surface area contributed by atoms with Gasteiger partial charge in [-0.1, -0.05) is 13.0 Å². The highest BCUT2D eigenvalue weighted by Crippen LogP contribution is 2.31. The highest BCUT2D eigenvalue weighted by molar-refractivity contribution is 6.03. The van der Waals surface area contributed by atoms with E-state index < -0.39 is 0 Å². The number of methoxy groups -OCH3 is 1. The Morgan fingerprint density at radius 3 is 2.88 bits per heavy atom. The van der Waals surface area contributed by atoms with Gasteiger partial charge in [0.25, 0.3) is 0 Å². The molecule has 2 aromatic rings. The van der Waals surface area contributed by atoms with Crippen LogP contribution in [-0.2, 0) is 4.74 Å². The van der Waals surface area contributed by atoms with E-state index in [9.17, 15) is 0 Å². The van der Waals surface area contributed by atoms with Crippen molar-refractivity contribution in [3.8, 4) is 5.75 Å². The Labute approximate surface area is 190 Å². The van der Waals surface area contributed by atoms with Gasteiger partial charge in [0.15, 0.2) is 5.82 Å². The van der Waals surface area contributed by atoms with Crippen molar-refractivity contribution in [2.24, 2.45) is 0 Å². The van der Waals surface area contributed by atoms with Crippen molar-refractivity contribution >= 4 is 28.9 Å². The predicted molar refractivity (Wildman–Crippen MR) is 130 cm³/mol. The largest absolute Gasteiger partial charge is 0.497 e. The summed E-state index contributed by atoms with van der Waals surface area (Å²) in [4.78, 5) is 11.9. The third-order valence-electron chi connectivity index (χ3n) is 5.27. The van der Waals surface area contributed by atoms with Gasteiger partial charge in [0.2, 0.25) is 5.95 Å². The molecular weight excluding hydrogens is 406 g/mol. The van der Waals surface area contributed by atoms with Gasteiger partial charge in [-0.05, 0) is 32.4 Å². The van der Waals surface area contributed by atoms with Crippen LogP contribution in [-0.4, -0.2) is 68.2 Å². The molecule has 2 heterocycles. The number of hydrogen-bond donors (Lipinski definition) is 4. The van der Waals surface area contributed by atoms with Crippen LogP contribution in [0.15, 0.2) is 24.3 Å². The first-order valence-corrected chi connectivity index (χ1v) is 11.3. The van der Waals surface area contributed by atoms with Gasteiger partial charge >= 0.3 is 0 Å². The molecule has 174 valence electrons. The summed E-state index contributed by atoms with van der Waals surface area (Å²) < 4.78 is 10.9.